The number of nitrogens with one attached hydrogen (secondary N) is 1. The molecule has 0 aliphatic carbocycles. The smallest absolute Gasteiger partial charge is 0.242 e. The lowest BCUT2D eigenvalue weighted by Gasteiger charge is -2.21. The Morgan fingerprint density at radius 3 is 2.67 bits per heavy atom. The number of anilines is 1. The van der Waals surface area contributed by atoms with Crippen molar-refractivity contribution < 1.29 is 17.9 Å². The van der Waals surface area contributed by atoms with Crippen LogP contribution < -0.4 is 10.5 Å². The fourth-order valence-electron chi connectivity index (χ4n) is 1.20. The second kappa shape index (κ2) is 5.21. The summed E-state index contributed by atoms with van der Waals surface area (Å²) in [4.78, 5) is -0.325. The van der Waals surface area contributed by atoms with Gasteiger partial charge in [-0.05, 0) is 25.5 Å². The van der Waals surface area contributed by atoms with Crippen LogP contribution in [0.5, 0.6) is 0 Å². The van der Waals surface area contributed by atoms with Gasteiger partial charge in [0.2, 0.25) is 10.0 Å². The van der Waals surface area contributed by atoms with E-state index in [0.717, 1.165) is 6.07 Å². The van der Waals surface area contributed by atoms with Gasteiger partial charge in [-0.1, -0.05) is 13.0 Å². The van der Waals surface area contributed by atoms with Crippen LogP contribution in [0.1, 0.15) is 20.3 Å². The second-order valence-corrected chi connectivity index (χ2v) is 6.06. The second-order valence-electron chi connectivity index (χ2n) is 4.33. The Labute approximate surface area is 106 Å². The fraction of sp³-hybridized carbons (Fsp3) is 0.455. The molecule has 4 N–H and O–H groups in total. The third kappa shape index (κ3) is 3.41. The predicted octanol–water partition coefficient (Wildman–Crippen LogP) is 0.847. The molecule has 1 aromatic rings. The number of halogens is 1. The van der Waals surface area contributed by atoms with Crippen molar-refractivity contribution in [2.75, 3.05) is 12.3 Å². The summed E-state index contributed by atoms with van der Waals surface area (Å²) in [6.07, 6.45) is 0.383. The first-order valence-electron chi connectivity index (χ1n) is 5.45. The van der Waals surface area contributed by atoms with Crippen molar-refractivity contribution in [3.63, 3.8) is 0 Å². The molecular formula is C11H17FN2O3S. The Morgan fingerprint density at radius 1 is 1.50 bits per heavy atom. The highest BCUT2D eigenvalue weighted by Crippen LogP contribution is 2.21. The van der Waals surface area contributed by atoms with E-state index in [1.54, 1.807) is 6.92 Å². The molecule has 0 aliphatic heterocycles. The topological polar surface area (TPSA) is 92.4 Å². The Hall–Kier alpha value is -1.18. The largest absolute Gasteiger partial charge is 0.395 e. The fourth-order valence-corrected chi connectivity index (χ4v) is 2.51. The van der Waals surface area contributed by atoms with Gasteiger partial charge in [-0.3, -0.25) is 0 Å². The van der Waals surface area contributed by atoms with Crippen LogP contribution in [0.3, 0.4) is 0 Å². The third-order valence-corrected chi connectivity index (χ3v) is 4.17. The van der Waals surface area contributed by atoms with Crippen LogP contribution in [0.25, 0.3) is 0 Å². The molecule has 0 aliphatic rings. The van der Waals surface area contributed by atoms with Gasteiger partial charge in [0.15, 0.2) is 0 Å². The lowest BCUT2D eigenvalue weighted by atomic mass is 10.1. The van der Waals surface area contributed by atoms with Crippen LogP contribution in [0.4, 0.5) is 10.1 Å². The van der Waals surface area contributed by atoms with Crippen LogP contribution in [-0.2, 0) is 10.0 Å². The summed E-state index contributed by atoms with van der Waals surface area (Å²) in [6.45, 7) is 3.07. The Balaban J connectivity index is 2.98. The van der Waals surface area contributed by atoms with Crippen LogP contribution in [-0.4, -0.2) is 25.7 Å². The van der Waals surface area contributed by atoms with Crippen molar-refractivity contribution in [3.05, 3.63) is 24.0 Å². The predicted molar refractivity (Wildman–Crippen MR) is 66.9 cm³/mol. The maximum atomic E-state index is 13.2. The molecule has 1 rings (SSSR count). The first-order valence-corrected chi connectivity index (χ1v) is 6.94. The number of hydrogen-bond donors (Lipinski definition) is 3. The van der Waals surface area contributed by atoms with E-state index in [1.807, 2.05) is 0 Å². The van der Waals surface area contributed by atoms with Crippen molar-refractivity contribution in [2.45, 2.75) is 30.8 Å². The van der Waals surface area contributed by atoms with Crippen molar-refractivity contribution >= 4 is 15.7 Å². The number of para-hydroxylation sites is 1. The van der Waals surface area contributed by atoms with Crippen molar-refractivity contribution in [3.8, 4) is 0 Å². The number of nitrogens with two attached hydrogens (primary N) is 1. The normalized spacial score (nSPS) is 15.3. The summed E-state index contributed by atoms with van der Waals surface area (Å²) in [5, 5.41) is 9.73. The minimum atomic E-state index is -3.93. The van der Waals surface area contributed by atoms with Crippen molar-refractivity contribution in [1.82, 2.24) is 4.72 Å². The van der Waals surface area contributed by atoms with Crippen LogP contribution in [0.2, 0.25) is 0 Å². The zero-order chi connectivity index (χ0) is 14.0. The molecular weight excluding hydrogens is 259 g/mol. The maximum absolute atomic E-state index is 13.2. The molecule has 0 fully saturated rings. The quantitative estimate of drug-likeness (QED) is 0.695. The Bertz CT molecular complexity index is 529. The summed E-state index contributed by atoms with van der Waals surface area (Å²) in [5.41, 5.74) is 3.80. The first-order chi connectivity index (χ1) is 8.19. The summed E-state index contributed by atoms with van der Waals surface area (Å²) in [7, 11) is -3.93. The van der Waals surface area contributed by atoms with Crippen LogP contribution >= 0.6 is 0 Å². The molecule has 0 spiro atoms. The van der Waals surface area contributed by atoms with E-state index in [1.165, 1.54) is 19.1 Å². The minimum Gasteiger partial charge on any atom is -0.395 e. The molecule has 102 valence electrons. The standard InChI is InChI=1S/C11H17FN2O3S/c1-3-11(2,15)7-14-18(16,17)9-6-4-5-8(12)10(9)13/h4-6,14-15H,3,7,13H2,1-2H3. The van der Waals surface area contributed by atoms with E-state index in [4.69, 9.17) is 5.73 Å². The molecule has 1 aromatic carbocycles. The summed E-state index contributed by atoms with van der Waals surface area (Å²) < 4.78 is 39.2. The van der Waals surface area contributed by atoms with Crippen LogP contribution in [0, 0.1) is 5.82 Å². The molecule has 0 saturated heterocycles. The highest BCUT2D eigenvalue weighted by molar-refractivity contribution is 7.89. The zero-order valence-electron chi connectivity index (χ0n) is 10.3. The summed E-state index contributed by atoms with van der Waals surface area (Å²) >= 11 is 0. The molecule has 7 heteroatoms. The van der Waals surface area contributed by atoms with Crippen LogP contribution in [0.15, 0.2) is 23.1 Å². The average Bonchev–Trinajstić information content (AvgIpc) is 2.30. The number of nitrogen functional groups attached to an aromatic ring is 1. The SMILES string of the molecule is CCC(C)(O)CNS(=O)(=O)c1cccc(F)c1N. The zero-order valence-corrected chi connectivity index (χ0v) is 11.1. The average molecular weight is 276 g/mol. The van der Waals surface area contributed by atoms with Gasteiger partial charge < -0.3 is 10.8 Å². The van der Waals surface area contributed by atoms with Gasteiger partial charge in [0.05, 0.1) is 11.3 Å². The lowest BCUT2D eigenvalue weighted by Crippen LogP contribution is -2.40. The van der Waals surface area contributed by atoms with Gasteiger partial charge in [0, 0.05) is 6.54 Å². The number of benzene rings is 1. The van der Waals surface area contributed by atoms with E-state index in [-0.39, 0.29) is 11.4 Å². The first kappa shape index (κ1) is 14.9. The van der Waals surface area contributed by atoms with E-state index in [9.17, 15) is 17.9 Å². The molecule has 0 radical (unpaired) electrons. The number of sulfonamides is 1. The molecule has 0 heterocycles. The third-order valence-electron chi connectivity index (χ3n) is 2.71. The molecule has 0 aromatic heterocycles. The van der Waals surface area contributed by atoms with E-state index < -0.39 is 27.1 Å². The minimum absolute atomic E-state index is 0.165. The summed E-state index contributed by atoms with van der Waals surface area (Å²) in [6, 6.07) is 3.55. The molecule has 1 atom stereocenters. The molecule has 5 nitrogen and oxygen atoms in total. The van der Waals surface area contributed by atoms with Gasteiger partial charge >= 0.3 is 0 Å². The van der Waals surface area contributed by atoms with Gasteiger partial charge in [-0.25, -0.2) is 17.5 Å². The molecule has 0 bridgehead atoms. The summed E-state index contributed by atoms with van der Waals surface area (Å²) in [5.74, 6) is -0.792. The maximum Gasteiger partial charge on any atom is 0.242 e. The molecule has 0 amide bonds. The highest BCUT2D eigenvalue weighted by Gasteiger charge is 2.24. The van der Waals surface area contributed by atoms with Gasteiger partial charge in [0.1, 0.15) is 10.7 Å². The van der Waals surface area contributed by atoms with Gasteiger partial charge in [0.25, 0.3) is 0 Å². The Kier molecular flexibility index (Phi) is 4.31. The number of aliphatic hydroxyl groups is 1. The number of rotatable bonds is 5. The van der Waals surface area contributed by atoms with Gasteiger partial charge in [-0.15, -0.1) is 0 Å². The monoisotopic (exact) mass is 276 g/mol. The van der Waals surface area contributed by atoms with E-state index >= 15 is 0 Å². The van der Waals surface area contributed by atoms with Crippen molar-refractivity contribution in [2.24, 2.45) is 0 Å². The molecule has 0 saturated carbocycles. The Morgan fingerprint density at radius 2 is 2.11 bits per heavy atom. The number of hydrogen-bond acceptors (Lipinski definition) is 4. The van der Waals surface area contributed by atoms with E-state index in [0.29, 0.717) is 6.42 Å². The lowest BCUT2D eigenvalue weighted by molar-refractivity contribution is 0.0613. The highest BCUT2D eigenvalue weighted by atomic mass is 32.2. The molecule has 1 unspecified atom stereocenters. The van der Waals surface area contributed by atoms with Crippen molar-refractivity contribution in [1.29, 1.82) is 0 Å². The van der Waals surface area contributed by atoms with E-state index in [2.05, 4.69) is 4.72 Å². The molecule has 18 heavy (non-hydrogen) atoms. The van der Waals surface area contributed by atoms with Gasteiger partial charge in [-0.2, -0.15) is 0 Å².